The number of nitrogens with one attached hydrogen (secondary N) is 2. The summed E-state index contributed by atoms with van der Waals surface area (Å²) in [6.45, 7) is 6.97. The van der Waals surface area contributed by atoms with Crippen LogP contribution in [0.2, 0.25) is 0 Å². The van der Waals surface area contributed by atoms with E-state index in [1.165, 1.54) is 11.9 Å². The van der Waals surface area contributed by atoms with Crippen LogP contribution >= 0.6 is 0 Å². The minimum absolute atomic E-state index is 0.229. The van der Waals surface area contributed by atoms with E-state index in [1.807, 2.05) is 32.0 Å². The van der Waals surface area contributed by atoms with E-state index < -0.39 is 0 Å². The lowest BCUT2D eigenvalue weighted by Crippen LogP contribution is -2.15. The molecule has 2 rings (SSSR count). The molecule has 0 unspecified atom stereocenters. The Balaban J connectivity index is 2.07. The van der Waals surface area contributed by atoms with Gasteiger partial charge in [-0.1, -0.05) is 31.0 Å². The number of aryl methyl sites for hydroxylation is 2. The molecule has 1 heterocycles. The van der Waals surface area contributed by atoms with Crippen molar-refractivity contribution in [3.05, 3.63) is 47.4 Å². The average molecular weight is 298 g/mol. The molecule has 0 atom stereocenters. The van der Waals surface area contributed by atoms with Gasteiger partial charge in [0.2, 0.25) is 0 Å². The first-order valence-electron chi connectivity index (χ1n) is 7.54. The molecule has 0 bridgehead atoms. The molecule has 0 aliphatic heterocycles. The van der Waals surface area contributed by atoms with E-state index in [-0.39, 0.29) is 5.91 Å². The number of hydrogen-bond acceptors (Lipinski definition) is 4. The summed E-state index contributed by atoms with van der Waals surface area (Å²) < 4.78 is 0. The molecule has 0 radical (unpaired) electrons. The molecule has 5 nitrogen and oxygen atoms in total. The van der Waals surface area contributed by atoms with Crippen LogP contribution in [0.15, 0.2) is 30.6 Å². The summed E-state index contributed by atoms with van der Waals surface area (Å²) >= 11 is 0. The van der Waals surface area contributed by atoms with Gasteiger partial charge >= 0.3 is 0 Å². The molecule has 1 aromatic heterocycles. The number of carbonyl (C=O) groups is 1. The van der Waals surface area contributed by atoms with E-state index in [0.29, 0.717) is 11.5 Å². The van der Waals surface area contributed by atoms with Crippen molar-refractivity contribution in [1.29, 1.82) is 0 Å². The van der Waals surface area contributed by atoms with Crippen LogP contribution in [0, 0.1) is 13.8 Å². The fraction of sp³-hybridized carbons (Fsp3) is 0.353. The summed E-state index contributed by atoms with van der Waals surface area (Å²) in [6.07, 6.45) is 3.58. The number of anilines is 2. The molecule has 2 N–H and O–H groups in total. The van der Waals surface area contributed by atoms with Crippen LogP contribution in [0.25, 0.3) is 0 Å². The Labute approximate surface area is 131 Å². The fourth-order valence-electron chi connectivity index (χ4n) is 2.11. The summed E-state index contributed by atoms with van der Waals surface area (Å²) in [5, 5.41) is 6.08. The highest BCUT2D eigenvalue weighted by atomic mass is 16.1. The predicted octanol–water partition coefficient (Wildman–Crippen LogP) is 3.56. The van der Waals surface area contributed by atoms with Gasteiger partial charge in [-0.05, 0) is 31.9 Å². The van der Waals surface area contributed by atoms with Crippen molar-refractivity contribution in [2.24, 2.45) is 0 Å². The lowest BCUT2D eigenvalue weighted by Gasteiger charge is -2.09. The predicted molar refractivity (Wildman–Crippen MR) is 89.3 cm³/mol. The monoisotopic (exact) mass is 298 g/mol. The Kier molecular flexibility index (Phi) is 5.47. The smallest absolute Gasteiger partial charge is 0.274 e. The lowest BCUT2D eigenvalue weighted by atomic mass is 10.1. The Morgan fingerprint density at radius 2 is 2.00 bits per heavy atom. The summed E-state index contributed by atoms with van der Waals surface area (Å²) in [6, 6.07) is 7.59. The van der Waals surface area contributed by atoms with Gasteiger partial charge in [-0.15, -0.1) is 0 Å². The fourth-order valence-corrected chi connectivity index (χ4v) is 2.11. The van der Waals surface area contributed by atoms with E-state index in [0.717, 1.165) is 30.6 Å². The topological polar surface area (TPSA) is 66.9 Å². The van der Waals surface area contributed by atoms with Gasteiger partial charge in [0, 0.05) is 18.3 Å². The van der Waals surface area contributed by atoms with Gasteiger partial charge < -0.3 is 10.6 Å². The third-order valence-electron chi connectivity index (χ3n) is 3.37. The molecule has 0 aliphatic rings. The summed E-state index contributed by atoms with van der Waals surface area (Å²) in [7, 11) is 0. The molecule has 116 valence electrons. The number of benzene rings is 1. The van der Waals surface area contributed by atoms with Crippen LogP contribution in [0.3, 0.4) is 0 Å². The molecule has 1 aromatic carbocycles. The average Bonchev–Trinajstić information content (AvgIpc) is 2.50. The van der Waals surface area contributed by atoms with E-state index >= 15 is 0 Å². The van der Waals surface area contributed by atoms with Crippen LogP contribution in [-0.2, 0) is 0 Å². The van der Waals surface area contributed by atoms with Gasteiger partial charge in [0.1, 0.15) is 17.8 Å². The largest absolute Gasteiger partial charge is 0.370 e. The van der Waals surface area contributed by atoms with E-state index in [1.54, 1.807) is 6.07 Å². The molecule has 5 heteroatoms. The maximum atomic E-state index is 12.3. The molecule has 0 fully saturated rings. The first-order chi connectivity index (χ1) is 10.6. The van der Waals surface area contributed by atoms with Crippen LogP contribution in [0.1, 0.15) is 41.4 Å². The van der Waals surface area contributed by atoms with Crippen molar-refractivity contribution >= 4 is 17.4 Å². The zero-order valence-electron chi connectivity index (χ0n) is 13.3. The molecule has 0 aliphatic carbocycles. The van der Waals surface area contributed by atoms with Gasteiger partial charge in [-0.25, -0.2) is 9.97 Å². The van der Waals surface area contributed by atoms with E-state index in [2.05, 4.69) is 27.5 Å². The maximum absolute atomic E-state index is 12.3. The molecular weight excluding hydrogens is 276 g/mol. The van der Waals surface area contributed by atoms with Crippen molar-refractivity contribution in [2.45, 2.75) is 33.6 Å². The molecule has 0 saturated heterocycles. The third kappa shape index (κ3) is 4.28. The first kappa shape index (κ1) is 15.9. The van der Waals surface area contributed by atoms with Gasteiger partial charge in [0.15, 0.2) is 0 Å². The number of amides is 1. The molecule has 0 spiro atoms. The highest BCUT2D eigenvalue weighted by Gasteiger charge is 2.10. The van der Waals surface area contributed by atoms with E-state index in [9.17, 15) is 4.79 Å². The van der Waals surface area contributed by atoms with Crippen molar-refractivity contribution in [2.75, 3.05) is 17.2 Å². The van der Waals surface area contributed by atoms with Crippen LogP contribution in [0.5, 0.6) is 0 Å². The number of unbranched alkanes of at least 4 members (excludes halogenated alkanes) is 1. The van der Waals surface area contributed by atoms with Crippen molar-refractivity contribution in [3.8, 4) is 0 Å². The molecule has 0 saturated carbocycles. The highest BCUT2D eigenvalue weighted by Crippen LogP contribution is 2.17. The third-order valence-corrected chi connectivity index (χ3v) is 3.37. The SMILES string of the molecule is CCCCNc1cc(C(=O)Nc2ccc(C)cc2C)ncn1. The van der Waals surface area contributed by atoms with Gasteiger partial charge in [-0.3, -0.25) is 4.79 Å². The molecular formula is C17H22N4O. The number of hydrogen-bond donors (Lipinski definition) is 2. The molecule has 2 aromatic rings. The zero-order valence-corrected chi connectivity index (χ0v) is 13.3. The minimum Gasteiger partial charge on any atom is -0.370 e. The Morgan fingerprint density at radius 1 is 1.18 bits per heavy atom. The quantitative estimate of drug-likeness (QED) is 0.800. The summed E-state index contributed by atoms with van der Waals surface area (Å²) in [5.41, 5.74) is 3.35. The first-order valence-corrected chi connectivity index (χ1v) is 7.54. The number of carbonyl (C=O) groups excluding carboxylic acids is 1. The number of aromatic nitrogens is 2. The normalized spacial score (nSPS) is 10.3. The van der Waals surface area contributed by atoms with Crippen LogP contribution in [-0.4, -0.2) is 22.4 Å². The van der Waals surface area contributed by atoms with Gasteiger partial charge in [0.05, 0.1) is 0 Å². The summed E-state index contributed by atoms with van der Waals surface area (Å²) in [4.78, 5) is 20.5. The zero-order chi connectivity index (χ0) is 15.9. The summed E-state index contributed by atoms with van der Waals surface area (Å²) in [5.74, 6) is 0.446. The Bertz CT molecular complexity index is 655. The highest BCUT2D eigenvalue weighted by molar-refractivity contribution is 6.03. The number of nitrogens with zero attached hydrogens (tertiary/aromatic N) is 2. The Morgan fingerprint density at radius 3 is 2.73 bits per heavy atom. The second-order valence-electron chi connectivity index (χ2n) is 5.34. The van der Waals surface area contributed by atoms with Crippen molar-refractivity contribution in [3.63, 3.8) is 0 Å². The second-order valence-corrected chi connectivity index (χ2v) is 5.34. The Hall–Kier alpha value is -2.43. The van der Waals surface area contributed by atoms with E-state index in [4.69, 9.17) is 0 Å². The maximum Gasteiger partial charge on any atom is 0.274 e. The van der Waals surface area contributed by atoms with Gasteiger partial charge in [0.25, 0.3) is 5.91 Å². The standard InChI is InChI=1S/C17H22N4O/c1-4-5-8-18-16-10-15(19-11-20-16)17(22)21-14-7-6-12(2)9-13(14)3/h6-7,9-11H,4-5,8H2,1-3H3,(H,21,22)(H,18,19,20). The minimum atomic E-state index is -0.229. The lowest BCUT2D eigenvalue weighted by molar-refractivity contribution is 0.102. The van der Waals surface area contributed by atoms with Crippen LogP contribution in [0.4, 0.5) is 11.5 Å². The van der Waals surface area contributed by atoms with Crippen LogP contribution < -0.4 is 10.6 Å². The van der Waals surface area contributed by atoms with Gasteiger partial charge in [-0.2, -0.15) is 0 Å². The second kappa shape index (κ2) is 7.54. The van der Waals surface area contributed by atoms with Crippen molar-refractivity contribution < 1.29 is 4.79 Å². The van der Waals surface area contributed by atoms with Crippen molar-refractivity contribution in [1.82, 2.24) is 9.97 Å². The number of rotatable bonds is 6. The molecule has 22 heavy (non-hydrogen) atoms. The molecule has 1 amide bonds.